The molecule has 1 aromatic rings. The maximum absolute atomic E-state index is 12.2. The van der Waals surface area contributed by atoms with Crippen LogP contribution in [-0.4, -0.2) is 25.2 Å². The molecule has 4 atom stereocenters. The lowest BCUT2D eigenvalue weighted by atomic mass is 9.75. The van der Waals surface area contributed by atoms with Crippen molar-refractivity contribution < 1.29 is 23.7 Å². The zero-order valence-electron chi connectivity index (χ0n) is 17.4. The molecule has 1 heterocycles. The van der Waals surface area contributed by atoms with E-state index >= 15 is 0 Å². The first kappa shape index (κ1) is 21.0. The largest absolute Gasteiger partial charge is 0.508 e. The van der Waals surface area contributed by atoms with Crippen LogP contribution >= 0.6 is 0 Å². The molecule has 5 heteroatoms. The van der Waals surface area contributed by atoms with Gasteiger partial charge in [0.2, 0.25) is 0 Å². The van der Waals surface area contributed by atoms with Gasteiger partial charge in [0.25, 0.3) is 0 Å². The Bertz CT molecular complexity index is 606. The van der Waals surface area contributed by atoms with Crippen LogP contribution in [0.1, 0.15) is 64.9 Å². The second-order valence-corrected chi connectivity index (χ2v) is 8.58. The number of benzene rings is 1. The maximum atomic E-state index is 12.2. The van der Waals surface area contributed by atoms with E-state index in [1.807, 2.05) is 24.3 Å². The van der Waals surface area contributed by atoms with Crippen LogP contribution in [0.25, 0.3) is 0 Å². The first-order valence-electron chi connectivity index (χ1n) is 10.7. The standard InChI is InChI=1S/C23H34O5/c1-16(2)20-12-7-17(3)14-21(20)28-23(24)26-15-18-8-10-19(11-9-18)27-22-6-4-5-13-25-22/h8-11,16-17,20-22H,4-7,12-15H2,1-3H3/t17-,20+,21-,22?/m1/s1. The molecule has 28 heavy (non-hydrogen) atoms. The lowest BCUT2D eigenvalue weighted by molar-refractivity contribution is -0.105. The molecular formula is C23H34O5. The van der Waals surface area contributed by atoms with Crippen LogP contribution in [-0.2, 0) is 20.8 Å². The van der Waals surface area contributed by atoms with Crippen LogP contribution in [0.3, 0.4) is 0 Å². The van der Waals surface area contributed by atoms with E-state index in [1.165, 1.54) is 6.42 Å². The SMILES string of the molecule is CC(C)[C@@H]1CC[C@@H](C)C[C@H]1OC(=O)OCc1ccc(OC2CCCCO2)cc1. The Morgan fingerprint density at radius 3 is 2.61 bits per heavy atom. The van der Waals surface area contributed by atoms with Gasteiger partial charge in [-0.15, -0.1) is 0 Å². The fraction of sp³-hybridized carbons (Fsp3) is 0.696. The summed E-state index contributed by atoms with van der Waals surface area (Å²) in [7, 11) is 0. The highest BCUT2D eigenvalue weighted by molar-refractivity contribution is 5.60. The summed E-state index contributed by atoms with van der Waals surface area (Å²) in [4.78, 5) is 12.2. The number of carbonyl (C=O) groups excluding carboxylic acids is 1. The van der Waals surface area contributed by atoms with Gasteiger partial charge in [-0.25, -0.2) is 4.79 Å². The lowest BCUT2D eigenvalue weighted by Crippen LogP contribution is -2.36. The third-order valence-electron chi connectivity index (χ3n) is 5.89. The van der Waals surface area contributed by atoms with Crippen LogP contribution in [0, 0.1) is 17.8 Å². The minimum absolute atomic E-state index is 0.0393. The van der Waals surface area contributed by atoms with Gasteiger partial charge in [-0.05, 0) is 61.1 Å². The highest BCUT2D eigenvalue weighted by Gasteiger charge is 2.33. The lowest BCUT2D eigenvalue weighted by Gasteiger charge is -2.36. The number of hydrogen-bond donors (Lipinski definition) is 0. The van der Waals surface area contributed by atoms with Crippen molar-refractivity contribution in [2.75, 3.05) is 6.61 Å². The highest BCUT2D eigenvalue weighted by Crippen LogP contribution is 2.35. The van der Waals surface area contributed by atoms with Crippen molar-refractivity contribution in [3.8, 4) is 5.75 Å². The van der Waals surface area contributed by atoms with E-state index in [4.69, 9.17) is 18.9 Å². The molecule has 156 valence electrons. The predicted molar refractivity (Wildman–Crippen MR) is 107 cm³/mol. The van der Waals surface area contributed by atoms with Crippen LogP contribution < -0.4 is 4.74 Å². The van der Waals surface area contributed by atoms with Crippen molar-refractivity contribution in [2.24, 2.45) is 17.8 Å². The van der Waals surface area contributed by atoms with Gasteiger partial charge in [-0.1, -0.05) is 39.3 Å². The van der Waals surface area contributed by atoms with Gasteiger partial charge < -0.3 is 18.9 Å². The summed E-state index contributed by atoms with van der Waals surface area (Å²) in [5, 5.41) is 0. The zero-order chi connectivity index (χ0) is 19.9. The summed E-state index contributed by atoms with van der Waals surface area (Å²) in [6, 6.07) is 7.59. The molecule has 3 rings (SSSR count). The summed E-state index contributed by atoms with van der Waals surface area (Å²) < 4.78 is 22.5. The second kappa shape index (κ2) is 10.1. The topological polar surface area (TPSA) is 54.0 Å². The quantitative estimate of drug-likeness (QED) is 0.583. The van der Waals surface area contributed by atoms with Crippen molar-refractivity contribution >= 4 is 6.16 Å². The van der Waals surface area contributed by atoms with Gasteiger partial charge in [0.1, 0.15) is 18.5 Å². The summed E-state index contributed by atoms with van der Waals surface area (Å²) >= 11 is 0. The maximum Gasteiger partial charge on any atom is 0.508 e. The minimum Gasteiger partial charge on any atom is -0.465 e. The molecule has 0 spiro atoms. The predicted octanol–water partition coefficient (Wildman–Crippen LogP) is 5.71. The Kier molecular flexibility index (Phi) is 7.60. The van der Waals surface area contributed by atoms with Gasteiger partial charge in [-0.3, -0.25) is 0 Å². The van der Waals surface area contributed by atoms with Crippen LogP contribution in [0.2, 0.25) is 0 Å². The molecule has 1 aliphatic carbocycles. The van der Waals surface area contributed by atoms with Gasteiger partial charge in [-0.2, -0.15) is 0 Å². The molecule has 1 saturated carbocycles. The molecule has 1 saturated heterocycles. The number of hydrogen-bond acceptors (Lipinski definition) is 5. The van der Waals surface area contributed by atoms with Gasteiger partial charge in [0, 0.05) is 6.42 Å². The zero-order valence-corrected chi connectivity index (χ0v) is 17.4. The average Bonchev–Trinajstić information content (AvgIpc) is 2.68. The monoisotopic (exact) mass is 390 g/mol. The second-order valence-electron chi connectivity index (χ2n) is 8.58. The molecule has 0 amide bonds. The van der Waals surface area contributed by atoms with E-state index < -0.39 is 6.16 Å². The van der Waals surface area contributed by atoms with Crippen LogP contribution in [0.5, 0.6) is 5.75 Å². The van der Waals surface area contributed by atoms with E-state index in [0.29, 0.717) is 17.8 Å². The number of rotatable bonds is 6. The smallest absolute Gasteiger partial charge is 0.465 e. The number of ether oxygens (including phenoxy) is 4. The van der Waals surface area contributed by atoms with Gasteiger partial charge >= 0.3 is 6.16 Å². The fourth-order valence-electron chi connectivity index (χ4n) is 4.17. The van der Waals surface area contributed by atoms with Gasteiger partial charge in [0.05, 0.1) is 6.61 Å². The van der Waals surface area contributed by atoms with Crippen LogP contribution in [0.15, 0.2) is 24.3 Å². The minimum atomic E-state index is -0.569. The van der Waals surface area contributed by atoms with Crippen molar-refractivity contribution in [3.63, 3.8) is 0 Å². The first-order chi connectivity index (χ1) is 13.5. The molecule has 1 aromatic carbocycles. The summed E-state index contributed by atoms with van der Waals surface area (Å²) in [6.45, 7) is 7.58. The molecule has 1 aliphatic heterocycles. The molecular weight excluding hydrogens is 356 g/mol. The van der Waals surface area contributed by atoms with Crippen LogP contribution in [0.4, 0.5) is 4.79 Å². The molecule has 5 nitrogen and oxygen atoms in total. The average molecular weight is 391 g/mol. The van der Waals surface area contributed by atoms with E-state index in [9.17, 15) is 4.79 Å². The normalized spacial score (nSPS) is 28.0. The van der Waals surface area contributed by atoms with Crippen molar-refractivity contribution in [1.82, 2.24) is 0 Å². The molecule has 0 N–H and O–H groups in total. The highest BCUT2D eigenvalue weighted by atomic mass is 16.7. The summed E-state index contributed by atoms with van der Waals surface area (Å²) in [5.41, 5.74) is 0.909. The number of carbonyl (C=O) groups is 1. The van der Waals surface area contributed by atoms with E-state index in [1.54, 1.807) is 0 Å². The van der Waals surface area contributed by atoms with E-state index in [2.05, 4.69) is 20.8 Å². The Labute approximate surface area is 168 Å². The molecule has 0 radical (unpaired) electrons. The van der Waals surface area contributed by atoms with Gasteiger partial charge in [0.15, 0.2) is 6.29 Å². The fourth-order valence-corrected chi connectivity index (χ4v) is 4.17. The van der Waals surface area contributed by atoms with Crippen molar-refractivity contribution in [1.29, 1.82) is 0 Å². The van der Waals surface area contributed by atoms with Crippen molar-refractivity contribution in [3.05, 3.63) is 29.8 Å². The summed E-state index contributed by atoms with van der Waals surface area (Å²) in [5.74, 6) is 2.29. The third kappa shape index (κ3) is 6.13. The molecule has 0 bridgehead atoms. The Morgan fingerprint density at radius 1 is 1.14 bits per heavy atom. The van der Waals surface area contributed by atoms with Crippen molar-refractivity contribution in [2.45, 2.75) is 78.3 Å². The molecule has 0 aromatic heterocycles. The third-order valence-corrected chi connectivity index (χ3v) is 5.89. The first-order valence-corrected chi connectivity index (χ1v) is 10.7. The summed E-state index contributed by atoms with van der Waals surface area (Å²) in [6.07, 6.45) is 5.64. The van der Waals surface area contributed by atoms with E-state index in [0.717, 1.165) is 50.0 Å². The van der Waals surface area contributed by atoms with E-state index in [-0.39, 0.29) is 19.0 Å². The Morgan fingerprint density at radius 2 is 1.93 bits per heavy atom. The Hall–Kier alpha value is -1.75. The Balaban J connectivity index is 1.44. The molecule has 1 unspecified atom stereocenters. The molecule has 2 fully saturated rings. The molecule has 2 aliphatic rings.